The topological polar surface area (TPSA) is 62.3 Å². The SMILES string of the molecule is CCn1ccnc1COc1cc(OC)ccc1C(C)N. The summed E-state index contributed by atoms with van der Waals surface area (Å²) in [5.41, 5.74) is 6.93. The monoisotopic (exact) mass is 275 g/mol. The first kappa shape index (κ1) is 14.4. The fourth-order valence-electron chi connectivity index (χ4n) is 2.05. The first-order valence-electron chi connectivity index (χ1n) is 6.72. The molecule has 2 N–H and O–H groups in total. The highest BCUT2D eigenvalue weighted by Crippen LogP contribution is 2.29. The number of imidazole rings is 1. The molecular weight excluding hydrogens is 254 g/mol. The van der Waals surface area contributed by atoms with Gasteiger partial charge in [-0.05, 0) is 19.9 Å². The maximum absolute atomic E-state index is 5.97. The summed E-state index contributed by atoms with van der Waals surface area (Å²) < 4.78 is 13.2. The summed E-state index contributed by atoms with van der Waals surface area (Å²) in [5.74, 6) is 2.39. The van der Waals surface area contributed by atoms with Crippen molar-refractivity contribution < 1.29 is 9.47 Å². The second kappa shape index (κ2) is 6.43. The number of nitrogens with two attached hydrogens (primary N) is 1. The summed E-state index contributed by atoms with van der Waals surface area (Å²) in [6.07, 6.45) is 3.72. The molecule has 0 aliphatic carbocycles. The molecule has 1 atom stereocenters. The highest BCUT2D eigenvalue weighted by Gasteiger charge is 2.11. The fourth-order valence-corrected chi connectivity index (χ4v) is 2.05. The Hall–Kier alpha value is -2.01. The standard InChI is InChI=1S/C15H21N3O2/c1-4-18-8-7-17-15(18)10-20-14-9-12(19-3)5-6-13(14)11(2)16/h5-9,11H,4,10,16H2,1-3H3. The van der Waals surface area contributed by atoms with E-state index in [0.29, 0.717) is 6.61 Å². The molecule has 1 aromatic heterocycles. The van der Waals surface area contributed by atoms with Crippen molar-refractivity contribution >= 4 is 0 Å². The predicted octanol–water partition coefficient (Wildman–Crippen LogP) is 2.51. The van der Waals surface area contributed by atoms with Gasteiger partial charge in [0.15, 0.2) is 0 Å². The van der Waals surface area contributed by atoms with Crippen LogP contribution in [0.1, 0.15) is 31.3 Å². The molecule has 0 amide bonds. The molecule has 2 rings (SSSR count). The van der Waals surface area contributed by atoms with Crippen molar-refractivity contribution in [2.45, 2.75) is 33.0 Å². The Morgan fingerprint density at radius 3 is 2.85 bits per heavy atom. The number of aryl methyl sites for hydroxylation is 1. The van der Waals surface area contributed by atoms with Crippen LogP contribution in [0.3, 0.4) is 0 Å². The van der Waals surface area contributed by atoms with Crippen LogP contribution >= 0.6 is 0 Å². The first-order valence-corrected chi connectivity index (χ1v) is 6.72. The molecule has 2 aromatic rings. The van der Waals surface area contributed by atoms with E-state index in [4.69, 9.17) is 15.2 Å². The van der Waals surface area contributed by atoms with Crippen LogP contribution in [0.25, 0.3) is 0 Å². The molecule has 0 aliphatic heterocycles. The number of hydrogen-bond donors (Lipinski definition) is 1. The van der Waals surface area contributed by atoms with E-state index in [1.54, 1.807) is 13.3 Å². The van der Waals surface area contributed by atoms with Crippen LogP contribution in [0, 0.1) is 0 Å². The number of nitrogens with zero attached hydrogens (tertiary/aromatic N) is 2. The Bertz CT molecular complexity index is 564. The quantitative estimate of drug-likeness (QED) is 0.880. The summed E-state index contributed by atoms with van der Waals surface area (Å²) in [7, 11) is 1.63. The number of rotatable bonds is 6. The normalized spacial score (nSPS) is 12.2. The number of benzene rings is 1. The molecular formula is C15H21N3O2. The van der Waals surface area contributed by atoms with Crippen LogP contribution in [-0.2, 0) is 13.2 Å². The minimum atomic E-state index is -0.0955. The van der Waals surface area contributed by atoms with Gasteiger partial charge >= 0.3 is 0 Å². The van der Waals surface area contributed by atoms with Gasteiger partial charge in [-0.15, -0.1) is 0 Å². The Morgan fingerprint density at radius 2 is 2.20 bits per heavy atom. The van der Waals surface area contributed by atoms with Crippen LogP contribution < -0.4 is 15.2 Å². The summed E-state index contributed by atoms with van der Waals surface area (Å²) in [6.45, 7) is 5.29. The number of hydrogen-bond acceptors (Lipinski definition) is 4. The van der Waals surface area contributed by atoms with Crippen LogP contribution in [0.15, 0.2) is 30.6 Å². The van der Waals surface area contributed by atoms with Gasteiger partial charge in [0, 0.05) is 36.6 Å². The van der Waals surface area contributed by atoms with Crippen LogP contribution in [-0.4, -0.2) is 16.7 Å². The summed E-state index contributed by atoms with van der Waals surface area (Å²) >= 11 is 0. The molecule has 0 aliphatic rings. The third kappa shape index (κ3) is 3.11. The van der Waals surface area contributed by atoms with E-state index < -0.39 is 0 Å². The van der Waals surface area contributed by atoms with Crippen LogP contribution in [0.2, 0.25) is 0 Å². The molecule has 1 aromatic carbocycles. The minimum Gasteiger partial charge on any atom is -0.497 e. The van der Waals surface area contributed by atoms with Gasteiger partial charge in [-0.2, -0.15) is 0 Å². The van der Waals surface area contributed by atoms with E-state index in [0.717, 1.165) is 29.4 Å². The molecule has 0 radical (unpaired) electrons. The molecule has 0 saturated carbocycles. The van der Waals surface area contributed by atoms with Gasteiger partial charge in [-0.1, -0.05) is 6.07 Å². The van der Waals surface area contributed by atoms with Crippen molar-refractivity contribution in [3.8, 4) is 11.5 Å². The second-order valence-corrected chi connectivity index (χ2v) is 4.61. The lowest BCUT2D eigenvalue weighted by atomic mass is 10.1. The van der Waals surface area contributed by atoms with Gasteiger partial charge in [0.25, 0.3) is 0 Å². The summed E-state index contributed by atoms with van der Waals surface area (Å²) in [6, 6.07) is 5.59. The van der Waals surface area contributed by atoms with Crippen LogP contribution in [0.4, 0.5) is 0 Å². The predicted molar refractivity (Wildman–Crippen MR) is 77.8 cm³/mol. The Morgan fingerprint density at radius 1 is 1.40 bits per heavy atom. The molecule has 0 bridgehead atoms. The zero-order valence-electron chi connectivity index (χ0n) is 12.2. The maximum atomic E-state index is 5.97. The Balaban J connectivity index is 2.19. The average molecular weight is 275 g/mol. The highest BCUT2D eigenvalue weighted by molar-refractivity contribution is 5.42. The number of methoxy groups -OCH3 is 1. The van der Waals surface area contributed by atoms with E-state index in [-0.39, 0.29) is 6.04 Å². The highest BCUT2D eigenvalue weighted by atomic mass is 16.5. The molecule has 1 unspecified atom stereocenters. The van der Waals surface area contributed by atoms with Gasteiger partial charge in [0.2, 0.25) is 0 Å². The van der Waals surface area contributed by atoms with Gasteiger partial charge in [-0.3, -0.25) is 0 Å². The molecule has 20 heavy (non-hydrogen) atoms. The van der Waals surface area contributed by atoms with Crippen molar-refractivity contribution in [2.75, 3.05) is 7.11 Å². The van der Waals surface area contributed by atoms with Crippen molar-refractivity contribution in [3.05, 3.63) is 42.0 Å². The number of aromatic nitrogens is 2. The molecule has 0 spiro atoms. The van der Waals surface area contributed by atoms with E-state index in [1.165, 1.54) is 0 Å². The third-order valence-corrected chi connectivity index (χ3v) is 3.21. The Labute approximate surface area is 119 Å². The van der Waals surface area contributed by atoms with E-state index in [2.05, 4.69) is 11.9 Å². The smallest absolute Gasteiger partial charge is 0.146 e. The van der Waals surface area contributed by atoms with Gasteiger partial charge in [0.05, 0.1) is 7.11 Å². The third-order valence-electron chi connectivity index (χ3n) is 3.21. The van der Waals surface area contributed by atoms with Crippen molar-refractivity contribution in [2.24, 2.45) is 5.73 Å². The molecule has 1 heterocycles. The molecule has 0 saturated heterocycles. The second-order valence-electron chi connectivity index (χ2n) is 4.61. The zero-order chi connectivity index (χ0) is 14.5. The molecule has 5 nitrogen and oxygen atoms in total. The largest absolute Gasteiger partial charge is 0.497 e. The maximum Gasteiger partial charge on any atom is 0.146 e. The lowest BCUT2D eigenvalue weighted by Gasteiger charge is -2.15. The Kier molecular flexibility index (Phi) is 4.63. The molecule has 0 fully saturated rings. The zero-order valence-corrected chi connectivity index (χ0v) is 12.2. The number of ether oxygens (including phenoxy) is 2. The van der Waals surface area contributed by atoms with E-state index in [1.807, 2.05) is 35.9 Å². The van der Waals surface area contributed by atoms with E-state index >= 15 is 0 Å². The van der Waals surface area contributed by atoms with Gasteiger partial charge < -0.3 is 19.8 Å². The fraction of sp³-hybridized carbons (Fsp3) is 0.400. The average Bonchev–Trinajstić information content (AvgIpc) is 2.91. The minimum absolute atomic E-state index is 0.0955. The summed E-state index contributed by atoms with van der Waals surface area (Å²) in [4.78, 5) is 4.29. The van der Waals surface area contributed by atoms with Gasteiger partial charge in [-0.25, -0.2) is 4.98 Å². The first-order chi connectivity index (χ1) is 9.65. The molecule has 108 valence electrons. The molecule has 5 heteroatoms. The van der Waals surface area contributed by atoms with Crippen molar-refractivity contribution in [1.82, 2.24) is 9.55 Å². The van der Waals surface area contributed by atoms with Crippen molar-refractivity contribution in [3.63, 3.8) is 0 Å². The lowest BCUT2D eigenvalue weighted by molar-refractivity contribution is 0.283. The summed E-state index contributed by atoms with van der Waals surface area (Å²) in [5, 5.41) is 0. The lowest BCUT2D eigenvalue weighted by Crippen LogP contribution is -2.10. The van der Waals surface area contributed by atoms with E-state index in [9.17, 15) is 0 Å². The van der Waals surface area contributed by atoms with Crippen LogP contribution in [0.5, 0.6) is 11.5 Å². The van der Waals surface area contributed by atoms with Gasteiger partial charge in [0.1, 0.15) is 23.9 Å². The van der Waals surface area contributed by atoms with Crippen molar-refractivity contribution in [1.29, 1.82) is 0 Å².